The standard InChI is InChI=1S/CH4O.H2O.2Zr/c1-2;;;/h2H,1H3;1H2;;. The Kier molecular flexibility index (Phi) is 263. The summed E-state index contributed by atoms with van der Waals surface area (Å²) in [7, 11) is 1.00. The van der Waals surface area contributed by atoms with Gasteiger partial charge in [-0.25, -0.2) is 0 Å². The summed E-state index contributed by atoms with van der Waals surface area (Å²) in [6, 6.07) is 0. The van der Waals surface area contributed by atoms with Crippen LogP contribution in [-0.2, 0) is 52.4 Å². The molecule has 0 aromatic carbocycles. The first kappa shape index (κ1) is 30.0. The van der Waals surface area contributed by atoms with Crippen LogP contribution in [0.3, 0.4) is 0 Å². The number of aliphatic hydroxyl groups excluding tert-OH is 1. The Labute approximate surface area is 69.5 Å². The van der Waals surface area contributed by atoms with Crippen molar-refractivity contribution in [3.8, 4) is 0 Å². The van der Waals surface area contributed by atoms with Crippen LogP contribution in [0.4, 0.5) is 0 Å². The fourth-order valence-corrected chi connectivity index (χ4v) is 0. The van der Waals surface area contributed by atoms with E-state index in [4.69, 9.17) is 5.11 Å². The summed E-state index contributed by atoms with van der Waals surface area (Å²) in [4.78, 5) is 0. The van der Waals surface area contributed by atoms with Gasteiger partial charge < -0.3 is 10.6 Å². The van der Waals surface area contributed by atoms with Crippen LogP contribution in [0, 0.1) is 0 Å². The maximum Gasteiger partial charge on any atom is 0.0319 e. The Hall–Kier alpha value is 1.69. The average molecular weight is 233 g/mol. The van der Waals surface area contributed by atoms with Crippen LogP contribution in [0.5, 0.6) is 0 Å². The molecule has 0 aromatic rings. The maximum atomic E-state index is 7.00. The molecule has 5 heavy (non-hydrogen) atoms. The van der Waals surface area contributed by atoms with E-state index in [2.05, 4.69) is 0 Å². The molecule has 0 amide bonds. The van der Waals surface area contributed by atoms with E-state index in [1.807, 2.05) is 0 Å². The fraction of sp³-hybridized carbons (Fsp3) is 1.00. The number of hydrogen-bond acceptors (Lipinski definition) is 1. The summed E-state index contributed by atoms with van der Waals surface area (Å²) < 4.78 is 0. The normalized spacial score (nSPS) is 1.20. The van der Waals surface area contributed by atoms with Gasteiger partial charge in [0.1, 0.15) is 0 Å². The van der Waals surface area contributed by atoms with Crippen LogP contribution < -0.4 is 0 Å². The molecule has 30 valence electrons. The summed E-state index contributed by atoms with van der Waals surface area (Å²) in [6.07, 6.45) is 0. The summed E-state index contributed by atoms with van der Waals surface area (Å²) in [5.74, 6) is 0. The van der Waals surface area contributed by atoms with Gasteiger partial charge in [-0.15, -0.1) is 0 Å². The van der Waals surface area contributed by atoms with Crippen molar-refractivity contribution < 1.29 is 63.0 Å². The first-order valence-corrected chi connectivity index (χ1v) is 0.447. The Morgan fingerprint density at radius 1 is 1.00 bits per heavy atom. The Morgan fingerprint density at radius 2 is 1.00 bits per heavy atom. The molecule has 0 saturated heterocycles. The molecule has 0 unspecified atom stereocenters. The Morgan fingerprint density at radius 3 is 1.00 bits per heavy atom. The van der Waals surface area contributed by atoms with Gasteiger partial charge in [-0.2, -0.15) is 0 Å². The fourth-order valence-electron chi connectivity index (χ4n) is 0. The van der Waals surface area contributed by atoms with Crippen molar-refractivity contribution in [2.75, 3.05) is 7.11 Å². The van der Waals surface area contributed by atoms with Gasteiger partial charge in [0.05, 0.1) is 0 Å². The second-order valence-corrected chi connectivity index (χ2v) is 0. The van der Waals surface area contributed by atoms with Crippen molar-refractivity contribution in [1.29, 1.82) is 0 Å². The quantitative estimate of drug-likeness (QED) is 0.559. The zero-order chi connectivity index (χ0) is 2.00. The van der Waals surface area contributed by atoms with Crippen LogP contribution in [0.25, 0.3) is 0 Å². The molecule has 2 nitrogen and oxygen atoms in total. The second-order valence-electron chi connectivity index (χ2n) is 0. The predicted octanol–water partition coefficient (Wildman–Crippen LogP) is -1.22. The zero-order valence-electron chi connectivity index (χ0n) is 2.95. The summed E-state index contributed by atoms with van der Waals surface area (Å²) in [5, 5.41) is 7.00. The molecule has 0 saturated carbocycles. The van der Waals surface area contributed by atoms with E-state index >= 15 is 0 Å². The first-order chi connectivity index (χ1) is 1.00. The van der Waals surface area contributed by atoms with Crippen LogP contribution in [-0.4, -0.2) is 17.7 Å². The van der Waals surface area contributed by atoms with E-state index in [-0.39, 0.29) is 57.9 Å². The van der Waals surface area contributed by atoms with E-state index in [9.17, 15) is 0 Å². The number of rotatable bonds is 0. The molecule has 0 aromatic heterocycles. The van der Waals surface area contributed by atoms with Gasteiger partial charge in [-0.1, -0.05) is 0 Å². The minimum absolute atomic E-state index is 0. The van der Waals surface area contributed by atoms with E-state index in [1.54, 1.807) is 0 Å². The minimum Gasteiger partial charge on any atom is -0.412 e. The molecule has 0 aliphatic carbocycles. The molecule has 0 rings (SSSR count). The van der Waals surface area contributed by atoms with Crippen LogP contribution in [0.15, 0.2) is 0 Å². The van der Waals surface area contributed by atoms with Crippen LogP contribution in [0.2, 0.25) is 0 Å². The molecule has 0 spiro atoms. The van der Waals surface area contributed by atoms with Crippen molar-refractivity contribution in [1.82, 2.24) is 0 Å². The minimum atomic E-state index is 0. The van der Waals surface area contributed by atoms with Gasteiger partial charge in [-0.3, -0.25) is 0 Å². The molecular formula is CH6O2Zr2. The van der Waals surface area contributed by atoms with E-state index in [1.165, 1.54) is 0 Å². The molecule has 0 aliphatic heterocycles. The SMILES string of the molecule is CO.O.[Zr].[Zr]. The second kappa shape index (κ2) is 43.9. The summed E-state index contributed by atoms with van der Waals surface area (Å²) >= 11 is 0. The van der Waals surface area contributed by atoms with Crippen molar-refractivity contribution in [2.45, 2.75) is 0 Å². The zero-order valence-corrected chi connectivity index (χ0v) is 7.86. The van der Waals surface area contributed by atoms with Gasteiger partial charge in [0.25, 0.3) is 0 Å². The molecule has 0 heterocycles. The molecule has 0 aliphatic rings. The van der Waals surface area contributed by atoms with Gasteiger partial charge in [0.2, 0.25) is 0 Å². The topological polar surface area (TPSA) is 51.7 Å². The molecule has 0 radical (unpaired) electrons. The maximum absolute atomic E-state index is 7.00. The number of hydrogen-bond donors (Lipinski definition) is 1. The monoisotopic (exact) mass is 230 g/mol. The molecule has 3 N–H and O–H groups in total. The van der Waals surface area contributed by atoms with Gasteiger partial charge in [0.15, 0.2) is 0 Å². The first-order valence-electron chi connectivity index (χ1n) is 0.447. The molecule has 0 bridgehead atoms. The number of aliphatic hydroxyl groups is 1. The molecule has 4 heteroatoms. The average Bonchev–Trinajstić information content (AvgIpc) is 1.00. The third-order valence-electron chi connectivity index (χ3n) is 0. The largest absolute Gasteiger partial charge is 0.412 e. The van der Waals surface area contributed by atoms with Crippen molar-refractivity contribution in [2.24, 2.45) is 0 Å². The predicted molar refractivity (Wildman–Crippen MR) is 11.8 cm³/mol. The molecule has 0 fully saturated rings. The van der Waals surface area contributed by atoms with Gasteiger partial charge in [-0.05, 0) is 0 Å². The van der Waals surface area contributed by atoms with Crippen molar-refractivity contribution in [3.63, 3.8) is 0 Å². The van der Waals surface area contributed by atoms with E-state index in [0.29, 0.717) is 0 Å². The van der Waals surface area contributed by atoms with Crippen molar-refractivity contribution in [3.05, 3.63) is 0 Å². The van der Waals surface area contributed by atoms with Gasteiger partial charge >= 0.3 is 0 Å². The molecular weight excluding hydrogens is 226 g/mol. The summed E-state index contributed by atoms with van der Waals surface area (Å²) in [5.41, 5.74) is 0. The Bertz CT molecular complexity index is 7.61. The van der Waals surface area contributed by atoms with E-state index in [0.717, 1.165) is 7.11 Å². The van der Waals surface area contributed by atoms with Crippen LogP contribution in [0.1, 0.15) is 0 Å². The third kappa shape index (κ3) is 27.2. The van der Waals surface area contributed by atoms with Crippen LogP contribution >= 0.6 is 0 Å². The van der Waals surface area contributed by atoms with Crippen molar-refractivity contribution >= 4 is 0 Å². The van der Waals surface area contributed by atoms with E-state index < -0.39 is 0 Å². The summed E-state index contributed by atoms with van der Waals surface area (Å²) in [6.45, 7) is 0. The van der Waals surface area contributed by atoms with Gasteiger partial charge in [0, 0.05) is 59.5 Å². The smallest absolute Gasteiger partial charge is 0.0319 e. The third-order valence-corrected chi connectivity index (χ3v) is 0. The molecule has 0 atom stereocenters. The Balaban J connectivity index is -0.00000000167.